The highest BCUT2D eigenvalue weighted by Gasteiger charge is 2.07. The molecule has 1 aromatic heterocycles. The van der Waals surface area contributed by atoms with E-state index >= 15 is 0 Å². The Bertz CT molecular complexity index is 370. The molecule has 0 fully saturated rings. The van der Waals surface area contributed by atoms with E-state index in [-0.39, 0.29) is 0 Å². The molecule has 6 heteroatoms. The van der Waals surface area contributed by atoms with Crippen LogP contribution in [0.1, 0.15) is 31.2 Å². The van der Waals surface area contributed by atoms with Gasteiger partial charge in [0.25, 0.3) is 0 Å². The molecule has 0 aromatic carbocycles. The molecule has 6 nitrogen and oxygen atoms in total. The summed E-state index contributed by atoms with van der Waals surface area (Å²) in [5.41, 5.74) is 3.51. The largest absolute Gasteiger partial charge is 0.381 e. The molecule has 0 saturated heterocycles. The first-order valence-corrected chi connectivity index (χ1v) is 6.32. The number of aromatic nitrogens is 2. The number of hydrogen-bond donors (Lipinski definition) is 3. The first kappa shape index (κ1) is 14.7. The van der Waals surface area contributed by atoms with Gasteiger partial charge in [-0.05, 0) is 26.7 Å². The summed E-state index contributed by atoms with van der Waals surface area (Å²) in [6.45, 7) is 8.30. The van der Waals surface area contributed by atoms with Gasteiger partial charge in [-0.3, -0.25) is 0 Å². The number of aryl methyl sites for hydroxylation is 1. The minimum absolute atomic E-state index is 0.659. The average molecular weight is 253 g/mol. The van der Waals surface area contributed by atoms with Crippen molar-refractivity contribution in [2.24, 2.45) is 5.84 Å². The van der Waals surface area contributed by atoms with Crippen molar-refractivity contribution >= 4 is 11.6 Å². The third-order valence-corrected chi connectivity index (χ3v) is 2.50. The Kier molecular flexibility index (Phi) is 6.38. The number of ether oxygens (including phenoxy) is 1. The Morgan fingerprint density at radius 2 is 1.89 bits per heavy atom. The Labute approximate surface area is 108 Å². The number of hydrogen-bond acceptors (Lipinski definition) is 6. The van der Waals surface area contributed by atoms with Crippen LogP contribution in [-0.4, -0.2) is 29.7 Å². The van der Waals surface area contributed by atoms with Crippen molar-refractivity contribution in [3.8, 4) is 0 Å². The van der Waals surface area contributed by atoms with Crippen LogP contribution in [0.3, 0.4) is 0 Å². The topological polar surface area (TPSA) is 85.1 Å². The Hall–Kier alpha value is -1.40. The lowest BCUT2D eigenvalue weighted by Gasteiger charge is -2.12. The van der Waals surface area contributed by atoms with Crippen LogP contribution < -0.4 is 16.6 Å². The highest BCUT2D eigenvalue weighted by atomic mass is 16.5. The van der Waals surface area contributed by atoms with Crippen molar-refractivity contribution in [3.05, 3.63) is 11.4 Å². The van der Waals surface area contributed by atoms with Crippen LogP contribution in [0.15, 0.2) is 0 Å². The molecule has 0 aliphatic heterocycles. The highest BCUT2D eigenvalue weighted by molar-refractivity contribution is 5.56. The van der Waals surface area contributed by atoms with E-state index in [1.54, 1.807) is 0 Å². The molecule has 1 heterocycles. The van der Waals surface area contributed by atoms with Gasteiger partial charge >= 0.3 is 0 Å². The molecular weight excluding hydrogens is 230 g/mol. The van der Waals surface area contributed by atoms with Gasteiger partial charge in [-0.15, -0.1) is 0 Å². The molecule has 1 rings (SSSR count). The van der Waals surface area contributed by atoms with E-state index in [1.165, 1.54) is 0 Å². The van der Waals surface area contributed by atoms with Crippen molar-refractivity contribution in [1.29, 1.82) is 0 Å². The maximum Gasteiger partial charge on any atom is 0.148 e. The zero-order chi connectivity index (χ0) is 13.4. The number of anilines is 2. The van der Waals surface area contributed by atoms with E-state index in [4.69, 9.17) is 10.6 Å². The fourth-order valence-corrected chi connectivity index (χ4v) is 1.57. The summed E-state index contributed by atoms with van der Waals surface area (Å²) in [6, 6.07) is 0. The Morgan fingerprint density at radius 1 is 1.17 bits per heavy atom. The van der Waals surface area contributed by atoms with Crippen LogP contribution >= 0.6 is 0 Å². The number of nitrogens with zero attached hydrogens (tertiary/aromatic N) is 2. The lowest BCUT2D eigenvalue weighted by molar-refractivity contribution is 0.134. The second kappa shape index (κ2) is 7.84. The van der Waals surface area contributed by atoms with Gasteiger partial charge in [-0.1, -0.05) is 6.92 Å². The number of nitrogens with one attached hydrogen (secondary N) is 2. The quantitative estimate of drug-likeness (QED) is 0.371. The van der Waals surface area contributed by atoms with E-state index < -0.39 is 0 Å². The first-order chi connectivity index (χ1) is 8.69. The van der Waals surface area contributed by atoms with E-state index in [1.807, 2.05) is 13.8 Å². The van der Waals surface area contributed by atoms with Gasteiger partial charge < -0.3 is 15.5 Å². The van der Waals surface area contributed by atoms with Crippen LogP contribution in [0.5, 0.6) is 0 Å². The van der Waals surface area contributed by atoms with Crippen LogP contribution in [0, 0.1) is 13.8 Å². The van der Waals surface area contributed by atoms with Crippen LogP contribution in [0.2, 0.25) is 0 Å². The monoisotopic (exact) mass is 253 g/mol. The van der Waals surface area contributed by atoms with Gasteiger partial charge in [0.1, 0.15) is 17.5 Å². The minimum atomic E-state index is 0.659. The van der Waals surface area contributed by atoms with Crippen LogP contribution in [0.25, 0.3) is 0 Å². The number of nitrogen functional groups attached to an aromatic ring is 1. The van der Waals surface area contributed by atoms with Gasteiger partial charge in [0.05, 0.1) is 0 Å². The fraction of sp³-hybridized carbons (Fsp3) is 0.667. The highest BCUT2D eigenvalue weighted by Crippen LogP contribution is 2.18. The zero-order valence-electron chi connectivity index (χ0n) is 11.4. The predicted molar refractivity (Wildman–Crippen MR) is 73.5 cm³/mol. The smallest absolute Gasteiger partial charge is 0.148 e. The molecule has 0 bridgehead atoms. The molecular formula is C12H23N5O. The number of hydrazine groups is 1. The van der Waals surface area contributed by atoms with Crippen molar-refractivity contribution in [2.45, 2.75) is 33.6 Å². The summed E-state index contributed by atoms with van der Waals surface area (Å²) < 4.78 is 5.41. The number of rotatable bonds is 8. The maximum absolute atomic E-state index is 5.41. The second-order valence-corrected chi connectivity index (χ2v) is 4.13. The third kappa shape index (κ3) is 4.46. The summed E-state index contributed by atoms with van der Waals surface area (Å²) in [7, 11) is 0. The lowest BCUT2D eigenvalue weighted by atomic mass is 10.3. The predicted octanol–water partition coefficient (Wildman–Crippen LogP) is 1.61. The second-order valence-electron chi connectivity index (χ2n) is 4.13. The molecule has 4 N–H and O–H groups in total. The molecule has 0 unspecified atom stereocenters. The summed E-state index contributed by atoms with van der Waals surface area (Å²) >= 11 is 0. The molecule has 0 aliphatic carbocycles. The molecule has 102 valence electrons. The Morgan fingerprint density at radius 3 is 2.56 bits per heavy atom. The van der Waals surface area contributed by atoms with E-state index in [9.17, 15) is 0 Å². The summed E-state index contributed by atoms with van der Waals surface area (Å²) in [5, 5.41) is 3.28. The van der Waals surface area contributed by atoms with Crippen molar-refractivity contribution in [2.75, 3.05) is 30.5 Å². The third-order valence-electron chi connectivity index (χ3n) is 2.50. The van der Waals surface area contributed by atoms with E-state index in [2.05, 4.69) is 27.6 Å². The maximum atomic E-state index is 5.41. The van der Waals surface area contributed by atoms with Gasteiger partial charge in [-0.25, -0.2) is 15.8 Å². The minimum Gasteiger partial charge on any atom is -0.381 e. The summed E-state index contributed by atoms with van der Waals surface area (Å²) in [5.74, 6) is 7.59. The van der Waals surface area contributed by atoms with Crippen LogP contribution in [0.4, 0.5) is 11.6 Å². The Balaban J connectivity index is 2.44. The van der Waals surface area contributed by atoms with Gasteiger partial charge in [-0.2, -0.15) is 0 Å². The van der Waals surface area contributed by atoms with Gasteiger partial charge in [0.2, 0.25) is 0 Å². The molecule has 1 aromatic rings. The van der Waals surface area contributed by atoms with Crippen molar-refractivity contribution in [3.63, 3.8) is 0 Å². The summed E-state index contributed by atoms with van der Waals surface area (Å²) in [6.07, 6.45) is 2.01. The number of nitrogens with two attached hydrogens (primary N) is 1. The van der Waals surface area contributed by atoms with Crippen LogP contribution in [-0.2, 0) is 4.74 Å². The molecule has 0 spiro atoms. The molecule has 18 heavy (non-hydrogen) atoms. The van der Waals surface area contributed by atoms with E-state index in [0.29, 0.717) is 11.6 Å². The fourth-order valence-electron chi connectivity index (χ4n) is 1.57. The summed E-state index contributed by atoms with van der Waals surface area (Å²) in [4.78, 5) is 8.57. The normalized spacial score (nSPS) is 10.4. The van der Waals surface area contributed by atoms with Crippen molar-refractivity contribution < 1.29 is 4.74 Å². The van der Waals surface area contributed by atoms with Crippen molar-refractivity contribution in [1.82, 2.24) is 9.97 Å². The zero-order valence-corrected chi connectivity index (χ0v) is 11.4. The van der Waals surface area contributed by atoms with Gasteiger partial charge in [0, 0.05) is 25.3 Å². The molecule has 0 aliphatic rings. The van der Waals surface area contributed by atoms with Gasteiger partial charge in [0.15, 0.2) is 0 Å². The molecule has 0 radical (unpaired) electrons. The van der Waals surface area contributed by atoms with E-state index in [0.717, 1.165) is 44.0 Å². The standard InChI is InChI=1S/C12H23N5O/c1-4-7-18-8-5-6-14-11-9(2)12(17-13)16-10(3)15-11/h4-8,13H2,1-3H3,(H2,14,15,16,17). The first-order valence-electron chi connectivity index (χ1n) is 6.32. The average Bonchev–Trinajstić information content (AvgIpc) is 2.37. The molecule has 0 saturated carbocycles. The molecule has 0 atom stereocenters. The lowest BCUT2D eigenvalue weighted by Crippen LogP contribution is -2.15. The SMILES string of the molecule is CCCOCCCNc1nc(C)nc(NN)c1C. The molecule has 0 amide bonds.